The molecule has 0 aliphatic heterocycles. The highest BCUT2D eigenvalue weighted by Crippen LogP contribution is 2.42. The Kier molecular flexibility index (Phi) is 8.23. The van der Waals surface area contributed by atoms with E-state index in [1.807, 2.05) is 32.0 Å². The maximum atomic E-state index is 13.1. The van der Waals surface area contributed by atoms with Gasteiger partial charge in [-0.25, -0.2) is 0 Å². The lowest BCUT2D eigenvalue weighted by Crippen LogP contribution is -2.56. The summed E-state index contributed by atoms with van der Waals surface area (Å²) in [6.07, 6.45) is 2.66. The Balaban J connectivity index is 2.22. The summed E-state index contributed by atoms with van der Waals surface area (Å²) in [5.41, 5.74) is -0.360. The van der Waals surface area contributed by atoms with E-state index in [4.69, 9.17) is 11.6 Å². The SMILES string of the molecule is CCN(CC)C(=O)CN(C)CC(=O)N(C)C1(c2ccccc2Cl)CCCCC1=O. The quantitative estimate of drug-likeness (QED) is 0.647. The first-order chi connectivity index (χ1) is 13.8. The van der Waals surface area contributed by atoms with Crippen LogP contribution in [0.4, 0.5) is 0 Å². The molecule has 160 valence electrons. The Bertz CT molecular complexity index is 751. The second-order valence-corrected chi connectivity index (χ2v) is 8.07. The summed E-state index contributed by atoms with van der Waals surface area (Å²) in [4.78, 5) is 43.6. The Hall–Kier alpha value is -1.92. The molecule has 0 spiro atoms. The van der Waals surface area contributed by atoms with Crippen LogP contribution in [0.25, 0.3) is 0 Å². The molecule has 1 fully saturated rings. The number of Topliss-reactive ketones (excluding diaryl/α,β-unsaturated/α-hetero) is 1. The van der Waals surface area contributed by atoms with Crippen molar-refractivity contribution < 1.29 is 14.4 Å². The highest BCUT2D eigenvalue weighted by atomic mass is 35.5. The molecule has 0 aromatic heterocycles. The number of hydrogen-bond acceptors (Lipinski definition) is 4. The maximum absolute atomic E-state index is 13.1. The first-order valence-electron chi connectivity index (χ1n) is 10.3. The summed E-state index contributed by atoms with van der Waals surface area (Å²) >= 11 is 6.45. The van der Waals surface area contributed by atoms with Crippen LogP contribution in [-0.2, 0) is 19.9 Å². The van der Waals surface area contributed by atoms with Gasteiger partial charge in [0.15, 0.2) is 5.78 Å². The zero-order valence-corrected chi connectivity index (χ0v) is 18.7. The normalized spacial score (nSPS) is 19.3. The van der Waals surface area contributed by atoms with Crippen molar-refractivity contribution in [2.24, 2.45) is 0 Å². The molecule has 7 heteroatoms. The van der Waals surface area contributed by atoms with Crippen LogP contribution in [0.3, 0.4) is 0 Å². The molecule has 2 rings (SSSR count). The minimum Gasteiger partial charge on any atom is -0.342 e. The lowest BCUT2D eigenvalue weighted by atomic mass is 9.74. The molecule has 0 heterocycles. The maximum Gasteiger partial charge on any atom is 0.237 e. The van der Waals surface area contributed by atoms with E-state index in [1.165, 1.54) is 0 Å². The molecule has 1 aromatic carbocycles. The van der Waals surface area contributed by atoms with E-state index in [9.17, 15) is 14.4 Å². The number of ketones is 1. The Labute approximate surface area is 178 Å². The molecular formula is C22H32ClN3O3. The van der Waals surface area contributed by atoms with Crippen LogP contribution in [-0.4, -0.2) is 72.6 Å². The van der Waals surface area contributed by atoms with Gasteiger partial charge in [-0.05, 0) is 46.2 Å². The second kappa shape index (κ2) is 10.2. The van der Waals surface area contributed by atoms with Gasteiger partial charge in [-0.15, -0.1) is 0 Å². The number of halogens is 1. The fourth-order valence-electron chi connectivity index (χ4n) is 4.14. The van der Waals surface area contributed by atoms with Gasteiger partial charge in [0.25, 0.3) is 0 Å². The van der Waals surface area contributed by atoms with Gasteiger partial charge in [-0.3, -0.25) is 19.3 Å². The standard InChI is InChI=1S/C22H32ClN3O3/c1-5-26(6-2)21(29)16-24(3)15-20(28)25(4)22(14-10-9-13-19(22)27)17-11-7-8-12-18(17)23/h7-8,11-12H,5-6,9-10,13-16H2,1-4H3. The summed E-state index contributed by atoms with van der Waals surface area (Å²) in [6.45, 7) is 5.37. The lowest BCUT2D eigenvalue weighted by Gasteiger charge is -2.44. The molecule has 1 unspecified atom stereocenters. The number of rotatable bonds is 8. The first-order valence-corrected chi connectivity index (χ1v) is 10.7. The van der Waals surface area contributed by atoms with Crippen LogP contribution < -0.4 is 0 Å². The van der Waals surface area contributed by atoms with Crippen LogP contribution in [0, 0.1) is 0 Å². The van der Waals surface area contributed by atoms with Gasteiger partial charge in [0.05, 0.1) is 13.1 Å². The highest BCUT2D eigenvalue weighted by Gasteiger charge is 2.47. The van der Waals surface area contributed by atoms with Crippen molar-refractivity contribution in [1.82, 2.24) is 14.7 Å². The minimum atomic E-state index is -1.04. The Morgan fingerprint density at radius 1 is 1.03 bits per heavy atom. The van der Waals surface area contributed by atoms with Crippen LogP contribution in [0.1, 0.15) is 45.1 Å². The van der Waals surface area contributed by atoms with Crippen molar-refractivity contribution in [2.45, 2.75) is 45.1 Å². The lowest BCUT2D eigenvalue weighted by molar-refractivity contribution is -0.149. The molecule has 1 saturated carbocycles. The summed E-state index contributed by atoms with van der Waals surface area (Å²) in [5, 5.41) is 0.493. The van der Waals surface area contributed by atoms with E-state index in [-0.39, 0.29) is 30.7 Å². The minimum absolute atomic E-state index is 0.0116. The molecule has 1 atom stereocenters. The number of benzene rings is 1. The molecule has 1 aliphatic rings. The van der Waals surface area contributed by atoms with Crippen LogP contribution in [0.2, 0.25) is 5.02 Å². The van der Waals surface area contributed by atoms with Crippen molar-refractivity contribution in [1.29, 1.82) is 0 Å². The van der Waals surface area contributed by atoms with E-state index in [0.717, 1.165) is 12.8 Å². The van der Waals surface area contributed by atoms with Crippen LogP contribution in [0.5, 0.6) is 0 Å². The number of nitrogens with zero attached hydrogens (tertiary/aromatic N) is 3. The monoisotopic (exact) mass is 421 g/mol. The van der Waals surface area contributed by atoms with Gasteiger partial charge >= 0.3 is 0 Å². The summed E-state index contributed by atoms with van der Waals surface area (Å²) in [5.74, 6) is -0.188. The van der Waals surface area contributed by atoms with Crippen LogP contribution in [0.15, 0.2) is 24.3 Å². The molecule has 1 aromatic rings. The van der Waals surface area contributed by atoms with Crippen molar-refractivity contribution >= 4 is 29.2 Å². The molecule has 2 amide bonds. The fourth-order valence-corrected chi connectivity index (χ4v) is 4.43. The van der Waals surface area contributed by atoms with E-state index < -0.39 is 5.54 Å². The summed E-state index contributed by atoms with van der Waals surface area (Å²) in [6, 6.07) is 7.26. The van der Waals surface area contributed by atoms with E-state index >= 15 is 0 Å². The molecule has 0 saturated heterocycles. The number of hydrogen-bond donors (Lipinski definition) is 0. The smallest absolute Gasteiger partial charge is 0.237 e. The van der Waals surface area contributed by atoms with Gasteiger partial charge < -0.3 is 9.80 Å². The number of carbonyl (C=O) groups is 3. The number of amides is 2. The predicted octanol–water partition coefficient (Wildman–Crippen LogP) is 2.94. The van der Waals surface area contributed by atoms with Gasteiger partial charge in [0.1, 0.15) is 5.54 Å². The third kappa shape index (κ3) is 4.98. The molecular weight excluding hydrogens is 390 g/mol. The zero-order valence-electron chi connectivity index (χ0n) is 17.9. The largest absolute Gasteiger partial charge is 0.342 e. The first kappa shape index (κ1) is 23.4. The number of carbonyl (C=O) groups excluding carboxylic acids is 3. The Morgan fingerprint density at radius 2 is 1.66 bits per heavy atom. The Morgan fingerprint density at radius 3 is 2.24 bits per heavy atom. The molecule has 0 bridgehead atoms. The van der Waals surface area contributed by atoms with Gasteiger partial charge in [-0.1, -0.05) is 29.8 Å². The molecule has 0 N–H and O–H groups in total. The average molecular weight is 422 g/mol. The van der Waals surface area contributed by atoms with Crippen LogP contribution >= 0.6 is 11.6 Å². The highest BCUT2D eigenvalue weighted by molar-refractivity contribution is 6.31. The number of likely N-dealkylation sites (N-methyl/N-ethyl adjacent to an activating group) is 3. The zero-order chi connectivity index (χ0) is 21.6. The molecule has 29 heavy (non-hydrogen) atoms. The fraction of sp³-hybridized carbons (Fsp3) is 0.591. The van der Waals surface area contributed by atoms with Crippen molar-refractivity contribution in [2.75, 3.05) is 40.3 Å². The summed E-state index contributed by atoms with van der Waals surface area (Å²) in [7, 11) is 3.42. The van der Waals surface area contributed by atoms with Crippen molar-refractivity contribution in [3.8, 4) is 0 Å². The summed E-state index contributed by atoms with van der Waals surface area (Å²) < 4.78 is 0. The molecule has 1 aliphatic carbocycles. The van der Waals surface area contributed by atoms with Crippen molar-refractivity contribution in [3.05, 3.63) is 34.9 Å². The van der Waals surface area contributed by atoms with Gasteiger partial charge in [0.2, 0.25) is 11.8 Å². The van der Waals surface area contributed by atoms with E-state index in [0.29, 0.717) is 36.5 Å². The second-order valence-electron chi connectivity index (χ2n) is 7.66. The third-order valence-electron chi connectivity index (χ3n) is 5.85. The predicted molar refractivity (Wildman–Crippen MR) is 115 cm³/mol. The van der Waals surface area contributed by atoms with Gasteiger partial charge in [0, 0.05) is 37.1 Å². The van der Waals surface area contributed by atoms with E-state index in [2.05, 4.69) is 0 Å². The molecule has 0 radical (unpaired) electrons. The third-order valence-corrected chi connectivity index (χ3v) is 6.18. The molecule has 6 nitrogen and oxygen atoms in total. The topological polar surface area (TPSA) is 60.9 Å². The van der Waals surface area contributed by atoms with E-state index in [1.54, 1.807) is 34.9 Å². The van der Waals surface area contributed by atoms with Gasteiger partial charge in [-0.2, -0.15) is 0 Å². The van der Waals surface area contributed by atoms with Crippen molar-refractivity contribution in [3.63, 3.8) is 0 Å². The average Bonchev–Trinajstić information content (AvgIpc) is 2.69.